The Balaban J connectivity index is 1.53. The van der Waals surface area contributed by atoms with E-state index in [4.69, 9.17) is 4.74 Å². The maximum absolute atomic E-state index is 12.1. The van der Waals surface area contributed by atoms with Crippen molar-refractivity contribution in [2.75, 3.05) is 11.9 Å². The third kappa shape index (κ3) is 4.39. The van der Waals surface area contributed by atoms with Gasteiger partial charge in [0.2, 0.25) is 0 Å². The number of rotatable bonds is 5. The molecule has 5 heteroatoms. The van der Waals surface area contributed by atoms with Crippen LogP contribution in [0.5, 0.6) is 0 Å². The zero-order valence-corrected chi connectivity index (χ0v) is 14.4. The van der Waals surface area contributed by atoms with Gasteiger partial charge >= 0.3 is 6.09 Å². The normalized spacial score (nSPS) is 11.6. The lowest BCUT2D eigenvalue weighted by Gasteiger charge is -2.15. The van der Waals surface area contributed by atoms with E-state index < -0.39 is 12.2 Å². The van der Waals surface area contributed by atoms with Crippen molar-refractivity contribution in [1.29, 1.82) is 0 Å². The molecule has 5 nitrogen and oxygen atoms in total. The third-order valence-corrected chi connectivity index (χ3v) is 3.92. The molecule has 0 saturated heterocycles. The van der Waals surface area contributed by atoms with Gasteiger partial charge in [0.25, 0.3) is 5.91 Å². The number of benzene rings is 3. The number of hydrogen-bond acceptors (Lipinski definition) is 3. The molecule has 0 bridgehead atoms. The van der Waals surface area contributed by atoms with E-state index in [-0.39, 0.29) is 12.5 Å². The van der Waals surface area contributed by atoms with E-state index in [1.54, 1.807) is 31.2 Å². The van der Waals surface area contributed by atoms with Crippen molar-refractivity contribution < 1.29 is 14.3 Å². The molecule has 0 aromatic heterocycles. The van der Waals surface area contributed by atoms with Crippen LogP contribution in [0.1, 0.15) is 17.3 Å². The van der Waals surface area contributed by atoms with Crippen LogP contribution < -0.4 is 10.6 Å². The highest BCUT2D eigenvalue weighted by molar-refractivity contribution is 6.00. The van der Waals surface area contributed by atoms with Crippen molar-refractivity contribution in [2.45, 2.75) is 13.0 Å². The van der Waals surface area contributed by atoms with Gasteiger partial charge in [-0.1, -0.05) is 54.6 Å². The van der Waals surface area contributed by atoms with Gasteiger partial charge < -0.3 is 10.1 Å². The predicted octanol–water partition coefficient (Wildman–Crippen LogP) is 4.21. The molecule has 1 unspecified atom stereocenters. The van der Waals surface area contributed by atoms with Crippen LogP contribution in [0.2, 0.25) is 0 Å². The fraction of sp³-hybridized carbons (Fsp3) is 0.143. The summed E-state index contributed by atoms with van der Waals surface area (Å²) in [4.78, 5) is 24.1. The maximum Gasteiger partial charge on any atom is 0.411 e. The largest absolute Gasteiger partial charge is 0.444 e. The fourth-order valence-corrected chi connectivity index (χ4v) is 2.63. The molecule has 3 rings (SSSR count). The van der Waals surface area contributed by atoms with Gasteiger partial charge in [0.05, 0.1) is 12.2 Å². The maximum atomic E-state index is 12.1. The number of carbonyl (C=O) groups excluding carboxylic acids is 2. The van der Waals surface area contributed by atoms with Crippen molar-refractivity contribution in [3.8, 4) is 0 Å². The molecule has 3 aromatic rings. The van der Waals surface area contributed by atoms with E-state index in [1.165, 1.54) is 0 Å². The summed E-state index contributed by atoms with van der Waals surface area (Å²) in [7, 11) is 0. The van der Waals surface area contributed by atoms with E-state index >= 15 is 0 Å². The summed E-state index contributed by atoms with van der Waals surface area (Å²) < 4.78 is 5.32. The van der Waals surface area contributed by atoms with Crippen LogP contribution >= 0.6 is 0 Å². The average molecular weight is 348 g/mol. The summed E-state index contributed by atoms with van der Waals surface area (Å²) in [5, 5.41) is 7.49. The molecule has 0 aliphatic heterocycles. The molecule has 0 heterocycles. The van der Waals surface area contributed by atoms with Crippen molar-refractivity contribution in [1.82, 2.24) is 5.32 Å². The quantitative estimate of drug-likeness (QED) is 0.726. The minimum absolute atomic E-state index is 0.199. The first-order valence-electron chi connectivity index (χ1n) is 8.42. The van der Waals surface area contributed by atoms with Crippen LogP contribution in [0.4, 0.5) is 10.5 Å². The molecule has 132 valence electrons. The average Bonchev–Trinajstić information content (AvgIpc) is 2.67. The smallest absolute Gasteiger partial charge is 0.411 e. The molecule has 0 aliphatic carbocycles. The van der Waals surface area contributed by atoms with Gasteiger partial charge in [0, 0.05) is 10.9 Å². The van der Waals surface area contributed by atoms with Gasteiger partial charge in [-0.15, -0.1) is 0 Å². The van der Waals surface area contributed by atoms with Crippen LogP contribution in [-0.4, -0.2) is 24.6 Å². The molecule has 0 spiro atoms. The summed E-state index contributed by atoms with van der Waals surface area (Å²) in [5.41, 5.74) is 1.26. The topological polar surface area (TPSA) is 67.4 Å². The second-order valence-corrected chi connectivity index (χ2v) is 5.94. The number of nitrogens with one attached hydrogen (secondary N) is 2. The summed E-state index contributed by atoms with van der Waals surface area (Å²) in [5.74, 6) is -0.199. The summed E-state index contributed by atoms with van der Waals surface area (Å²) in [6, 6.07) is 22.4. The van der Waals surface area contributed by atoms with E-state index in [0.717, 1.165) is 10.8 Å². The van der Waals surface area contributed by atoms with E-state index in [2.05, 4.69) is 10.6 Å². The molecule has 0 saturated carbocycles. The predicted molar refractivity (Wildman–Crippen MR) is 102 cm³/mol. The van der Waals surface area contributed by atoms with Crippen molar-refractivity contribution in [3.63, 3.8) is 0 Å². The van der Waals surface area contributed by atoms with Crippen LogP contribution in [-0.2, 0) is 4.74 Å². The first-order chi connectivity index (χ1) is 12.6. The van der Waals surface area contributed by atoms with Crippen LogP contribution in [0.25, 0.3) is 10.8 Å². The Labute approximate surface area is 152 Å². The first-order valence-corrected chi connectivity index (χ1v) is 8.42. The Morgan fingerprint density at radius 2 is 1.62 bits per heavy atom. The van der Waals surface area contributed by atoms with Crippen LogP contribution in [0.3, 0.4) is 0 Å². The Kier molecular flexibility index (Phi) is 5.49. The first kappa shape index (κ1) is 17.5. The number of amides is 2. The molecular formula is C21H20N2O3. The Bertz CT molecular complexity index is 904. The Morgan fingerprint density at radius 3 is 2.42 bits per heavy atom. The summed E-state index contributed by atoms with van der Waals surface area (Å²) in [6.07, 6.45) is -1.01. The highest BCUT2D eigenvalue weighted by Crippen LogP contribution is 2.23. The second-order valence-electron chi connectivity index (χ2n) is 5.94. The van der Waals surface area contributed by atoms with Gasteiger partial charge in [0.15, 0.2) is 0 Å². The van der Waals surface area contributed by atoms with Gasteiger partial charge in [-0.2, -0.15) is 0 Å². The zero-order valence-electron chi connectivity index (χ0n) is 14.4. The third-order valence-electron chi connectivity index (χ3n) is 3.92. The van der Waals surface area contributed by atoms with Crippen molar-refractivity contribution in [2.24, 2.45) is 0 Å². The van der Waals surface area contributed by atoms with Crippen molar-refractivity contribution in [3.05, 3.63) is 78.4 Å². The monoisotopic (exact) mass is 348 g/mol. The van der Waals surface area contributed by atoms with Gasteiger partial charge in [0.1, 0.15) is 6.10 Å². The van der Waals surface area contributed by atoms with Gasteiger partial charge in [-0.05, 0) is 30.5 Å². The lowest BCUT2D eigenvalue weighted by atomic mass is 10.1. The molecular weight excluding hydrogens is 328 g/mol. The molecule has 1 atom stereocenters. The van der Waals surface area contributed by atoms with Gasteiger partial charge in [-0.3, -0.25) is 10.1 Å². The standard InChI is InChI=1S/C21H20N2O3/c1-15(14-22-20(24)17-9-3-2-4-10-17)26-21(25)23-19-13-7-11-16-8-5-6-12-18(16)19/h2-13,15H,14H2,1H3,(H,22,24)(H,23,25). The number of anilines is 1. The molecule has 2 N–H and O–H groups in total. The minimum Gasteiger partial charge on any atom is -0.444 e. The molecule has 0 fully saturated rings. The van der Waals surface area contributed by atoms with E-state index in [9.17, 15) is 9.59 Å². The number of hydrogen-bond donors (Lipinski definition) is 2. The number of ether oxygens (including phenoxy) is 1. The zero-order chi connectivity index (χ0) is 18.4. The van der Waals surface area contributed by atoms with Crippen molar-refractivity contribution >= 4 is 28.5 Å². The fourth-order valence-electron chi connectivity index (χ4n) is 2.63. The minimum atomic E-state index is -0.553. The number of carbonyl (C=O) groups is 2. The van der Waals surface area contributed by atoms with Crippen LogP contribution in [0, 0.1) is 0 Å². The molecule has 3 aromatic carbocycles. The van der Waals surface area contributed by atoms with Crippen LogP contribution in [0.15, 0.2) is 72.8 Å². The molecule has 0 radical (unpaired) electrons. The Hall–Kier alpha value is -3.34. The highest BCUT2D eigenvalue weighted by Gasteiger charge is 2.13. The second kappa shape index (κ2) is 8.16. The lowest BCUT2D eigenvalue weighted by molar-refractivity contribution is 0.0891. The van der Waals surface area contributed by atoms with E-state index in [0.29, 0.717) is 11.3 Å². The Morgan fingerprint density at radius 1 is 0.923 bits per heavy atom. The summed E-state index contributed by atoms with van der Waals surface area (Å²) in [6.45, 7) is 1.96. The van der Waals surface area contributed by atoms with E-state index in [1.807, 2.05) is 48.5 Å². The molecule has 26 heavy (non-hydrogen) atoms. The molecule has 2 amide bonds. The van der Waals surface area contributed by atoms with Gasteiger partial charge in [-0.25, -0.2) is 4.79 Å². The SMILES string of the molecule is CC(CNC(=O)c1ccccc1)OC(=O)Nc1cccc2ccccc12. The highest BCUT2D eigenvalue weighted by atomic mass is 16.6. The summed E-state index contributed by atoms with van der Waals surface area (Å²) >= 11 is 0. The molecule has 0 aliphatic rings. The number of fused-ring (bicyclic) bond motifs is 1. The lowest BCUT2D eigenvalue weighted by Crippen LogP contribution is -2.34.